The Morgan fingerprint density at radius 1 is 1.08 bits per heavy atom. The molecule has 1 N–H and O–H groups in total. The first-order valence-electron chi connectivity index (χ1n) is 7.88. The van der Waals surface area contributed by atoms with E-state index in [1.807, 2.05) is 12.1 Å². The molecule has 138 valence electrons. The van der Waals surface area contributed by atoms with Crippen molar-refractivity contribution in [1.82, 2.24) is 5.32 Å². The fourth-order valence-corrected chi connectivity index (χ4v) is 2.27. The molecule has 0 unspecified atom stereocenters. The van der Waals surface area contributed by atoms with Crippen LogP contribution in [0.15, 0.2) is 42.5 Å². The Labute approximate surface area is 150 Å². The van der Waals surface area contributed by atoms with Gasteiger partial charge in [-0.3, -0.25) is 4.79 Å². The topological polar surface area (TPSA) is 73.9 Å². The maximum absolute atomic E-state index is 13.6. The lowest BCUT2D eigenvalue weighted by atomic mass is 10.1. The number of halogens is 1. The van der Waals surface area contributed by atoms with Crippen LogP contribution in [-0.2, 0) is 9.53 Å². The molecule has 2 rings (SSSR count). The number of hydrogen-bond acceptors (Lipinski definition) is 5. The minimum Gasteiger partial charge on any atom is -0.497 e. The van der Waals surface area contributed by atoms with Crippen molar-refractivity contribution in [1.29, 1.82) is 0 Å². The van der Waals surface area contributed by atoms with Crippen LogP contribution in [0.1, 0.15) is 28.9 Å². The molecule has 1 atom stereocenters. The number of esters is 1. The largest absolute Gasteiger partial charge is 0.497 e. The second kappa shape index (κ2) is 8.84. The third-order valence-corrected chi connectivity index (χ3v) is 3.72. The lowest BCUT2D eigenvalue weighted by Crippen LogP contribution is -2.31. The fraction of sp³-hybridized carbons (Fsp3) is 0.263. The highest BCUT2D eigenvalue weighted by Crippen LogP contribution is 2.19. The van der Waals surface area contributed by atoms with Crippen LogP contribution in [0.25, 0.3) is 0 Å². The predicted molar refractivity (Wildman–Crippen MR) is 92.8 cm³/mol. The Bertz CT molecular complexity index is 776. The van der Waals surface area contributed by atoms with Gasteiger partial charge in [-0.1, -0.05) is 12.1 Å². The van der Waals surface area contributed by atoms with Gasteiger partial charge in [0.25, 0.3) is 5.91 Å². The molecule has 0 saturated carbocycles. The number of carbonyl (C=O) groups is 2. The second-order valence-electron chi connectivity index (χ2n) is 5.49. The van der Waals surface area contributed by atoms with Crippen LogP contribution in [0, 0.1) is 5.82 Å². The van der Waals surface area contributed by atoms with E-state index in [-0.39, 0.29) is 17.4 Å². The Morgan fingerprint density at radius 2 is 1.77 bits per heavy atom. The zero-order valence-electron chi connectivity index (χ0n) is 14.7. The first-order valence-corrected chi connectivity index (χ1v) is 7.88. The van der Waals surface area contributed by atoms with Gasteiger partial charge in [-0.05, 0) is 42.8 Å². The smallest absolute Gasteiger partial charge is 0.338 e. The van der Waals surface area contributed by atoms with Crippen LogP contribution in [0.4, 0.5) is 4.39 Å². The third-order valence-electron chi connectivity index (χ3n) is 3.72. The van der Waals surface area contributed by atoms with Crippen molar-refractivity contribution < 1.29 is 28.2 Å². The standard InChI is InChI=1S/C19H20FNO5/c1-12(13-4-7-15(24-2)8-5-13)21-18(22)11-26-19(23)14-6-9-17(25-3)16(20)10-14/h4-10,12H,11H2,1-3H3,(H,21,22)/t12-/m0/s1. The van der Waals surface area contributed by atoms with Gasteiger partial charge in [-0.15, -0.1) is 0 Å². The van der Waals surface area contributed by atoms with E-state index >= 15 is 0 Å². The van der Waals surface area contributed by atoms with E-state index in [4.69, 9.17) is 14.2 Å². The van der Waals surface area contributed by atoms with Gasteiger partial charge in [0.15, 0.2) is 18.2 Å². The molecular formula is C19H20FNO5. The van der Waals surface area contributed by atoms with Gasteiger partial charge in [-0.25, -0.2) is 9.18 Å². The van der Waals surface area contributed by atoms with E-state index in [0.29, 0.717) is 5.75 Å². The Morgan fingerprint density at radius 3 is 2.35 bits per heavy atom. The zero-order chi connectivity index (χ0) is 19.1. The molecule has 0 spiro atoms. The normalized spacial score (nSPS) is 11.4. The van der Waals surface area contributed by atoms with Gasteiger partial charge in [0.05, 0.1) is 25.8 Å². The highest BCUT2D eigenvalue weighted by molar-refractivity contribution is 5.91. The summed E-state index contributed by atoms with van der Waals surface area (Å²) < 4.78 is 28.4. The molecule has 7 heteroatoms. The van der Waals surface area contributed by atoms with Crippen LogP contribution in [0.5, 0.6) is 11.5 Å². The number of amides is 1. The van der Waals surface area contributed by atoms with Crippen molar-refractivity contribution in [3.8, 4) is 11.5 Å². The van der Waals surface area contributed by atoms with Gasteiger partial charge in [0.1, 0.15) is 5.75 Å². The highest BCUT2D eigenvalue weighted by atomic mass is 19.1. The van der Waals surface area contributed by atoms with Crippen LogP contribution in [-0.4, -0.2) is 32.7 Å². The first-order chi connectivity index (χ1) is 12.4. The van der Waals surface area contributed by atoms with E-state index in [1.54, 1.807) is 26.2 Å². The molecule has 0 aliphatic rings. The molecule has 0 bridgehead atoms. The molecule has 0 radical (unpaired) electrons. The minimum absolute atomic E-state index is 0.000645. The van der Waals surface area contributed by atoms with E-state index in [2.05, 4.69) is 5.32 Å². The lowest BCUT2D eigenvalue weighted by molar-refractivity contribution is -0.124. The Kier molecular flexibility index (Phi) is 6.54. The van der Waals surface area contributed by atoms with Gasteiger partial charge in [-0.2, -0.15) is 0 Å². The molecule has 0 aliphatic carbocycles. The number of rotatable bonds is 7. The molecule has 0 aromatic heterocycles. The van der Waals surface area contributed by atoms with Crippen LogP contribution < -0.4 is 14.8 Å². The van der Waals surface area contributed by atoms with E-state index in [9.17, 15) is 14.0 Å². The number of ether oxygens (including phenoxy) is 3. The number of methoxy groups -OCH3 is 2. The summed E-state index contributed by atoms with van der Waals surface area (Å²) in [5.74, 6) is -1.20. The molecular weight excluding hydrogens is 341 g/mol. The summed E-state index contributed by atoms with van der Waals surface area (Å²) in [6.45, 7) is 1.34. The SMILES string of the molecule is COc1ccc([C@H](C)NC(=O)COC(=O)c2ccc(OC)c(F)c2)cc1. The van der Waals surface area contributed by atoms with Crippen molar-refractivity contribution in [3.63, 3.8) is 0 Å². The zero-order valence-corrected chi connectivity index (χ0v) is 14.7. The van der Waals surface area contributed by atoms with E-state index < -0.39 is 24.3 Å². The molecule has 1 amide bonds. The predicted octanol–water partition coefficient (Wildman–Crippen LogP) is 2.88. The van der Waals surface area contributed by atoms with Crippen LogP contribution >= 0.6 is 0 Å². The molecule has 2 aromatic rings. The Hall–Kier alpha value is -3.09. The van der Waals surface area contributed by atoms with Crippen LogP contribution in [0.3, 0.4) is 0 Å². The second-order valence-corrected chi connectivity index (χ2v) is 5.49. The maximum atomic E-state index is 13.6. The Balaban J connectivity index is 1.87. The summed E-state index contributed by atoms with van der Waals surface area (Å²) >= 11 is 0. The number of nitrogens with one attached hydrogen (secondary N) is 1. The first kappa shape index (κ1) is 19.2. The van der Waals surface area contributed by atoms with Crippen molar-refractivity contribution in [2.45, 2.75) is 13.0 Å². The quantitative estimate of drug-likeness (QED) is 0.768. The van der Waals surface area contributed by atoms with Gasteiger partial charge in [0, 0.05) is 0 Å². The summed E-state index contributed by atoms with van der Waals surface area (Å²) in [7, 11) is 2.90. The number of carbonyl (C=O) groups excluding carboxylic acids is 2. The van der Waals surface area contributed by atoms with E-state index in [1.165, 1.54) is 19.2 Å². The average Bonchev–Trinajstić information content (AvgIpc) is 2.66. The van der Waals surface area contributed by atoms with Crippen molar-refractivity contribution in [2.24, 2.45) is 0 Å². The number of benzene rings is 2. The van der Waals surface area contributed by atoms with E-state index in [0.717, 1.165) is 11.6 Å². The molecule has 6 nitrogen and oxygen atoms in total. The molecule has 26 heavy (non-hydrogen) atoms. The fourth-order valence-electron chi connectivity index (χ4n) is 2.27. The van der Waals surface area contributed by atoms with Crippen molar-refractivity contribution >= 4 is 11.9 Å². The minimum atomic E-state index is -0.793. The lowest BCUT2D eigenvalue weighted by Gasteiger charge is -2.15. The molecule has 0 fully saturated rings. The van der Waals surface area contributed by atoms with Crippen molar-refractivity contribution in [3.05, 3.63) is 59.4 Å². The summed E-state index contributed by atoms with van der Waals surface area (Å²) in [4.78, 5) is 23.8. The average molecular weight is 361 g/mol. The van der Waals surface area contributed by atoms with Gasteiger partial charge >= 0.3 is 5.97 Å². The summed E-state index contributed by atoms with van der Waals surface area (Å²) in [5, 5.41) is 2.72. The molecule has 2 aromatic carbocycles. The summed E-state index contributed by atoms with van der Waals surface area (Å²) in [6.07, 6.45) is 0. The molecule has 0 saturated heterocycles. The summed E-state index contributed by atoms with van der Waals surface area (Å²) in [5.41, 5.74) is 0.877. The monoisotopic (exact) mass is 361 g/mol. The maximum Gasteiger partial charge on any atom is 0.338 e. The summed E-state index contributed by atoms with van der Waals surface area (Å²) in [6, 6.07) is 10.6. The molecule has 0 heterocycles. The molecule has 0 aliphatic heterocycles. The number of hydrogen-bond donors (Lipinski definition) is 1. The van der Waals surface area contributed by atoms with Gasteiger partial charge in [0.2, 0.25) is 0 Å². The van der Waals surface area contributed by atoms with Crippen molar-refractivity contribution in [2.75, 3.05) is 20.8 Å². The highest BCUT2D eigenvalue weighted by Gasteiger charge is 2.15. The van der Waals surface area contributed by atoms with Crippen LogP contribution in [0.2, 0.25) is 0 Å². The van der Waals surface area contributed by atoms with Gasteiger partial charge < -0.3 is 19.5 Å². The third kappa shape index (κ3) is 4.95.